The van der Waals surface area contributed by atoms with Gasteiger partial charge in [-0.1, -0.05) is 13.8 Å². The molecule has 1 rings (SSSR count). The maximum atomic E-state index is 4.34. The minimum absolute atomic E-state index is 0.617. The molecule has 0 saturated heterocycles. The van der Waals surface area contributed by atoms with Crippen LogP contribution in [-0.4, -0.2) is 9.97 Å². The summed E-state index contributed by atoms with van der Waals surface area (Å²) >= 11 is 4.12. The van der Waals surface area contributed by atoms with Crippen molar-refractivity contribution in [3.05, 3.63) is 23.8 Å². The Morgan fingerprint density at radius 1 is 1.50 bits per heavy atom. The van der Waals surface area contributed by atoms with Crippen molar-refractivity contribution in [2.75, 3.05) is 0 Å². The van der Waals surface area contributed by atoms with Gasteiger partial charge in [0, 0.05) is 11.9 Å². The molecule has 0 aliphatic heterocycles. The first-order valence-electron chi connectivity index (χ1n) is 4.14. The zero-order valence-electron chi connectivity index (χ0n) is 7.49. The Labute approximate surface area is 78.9 Å². The van der Waals surface area contributed by atoms with Gasteiger partial charge in [-0.15, -0.1) is 0 Å². The van der Waals surface area contributed by atoms with Crippen LogP contribution in [-0.2, 0) is 12.2 Å². The summed E-state index contributed by atoms with van der Waals surface area (Å²) in [5.74, 6) is 2.08. The first-order chi connectivity index (χ1) is 5.72. The van der Waals surface area contributed by atoms with Gasteiger partial charge < -0.3 is 0 Å². The van der Waals surface area contributed by atoms with Crippen LogP contribution in [0.15, 0.2) is 12.3 Å². The zero-order valence-corrected chi connectivity index (χ0v) is 8.38. The molecule has 1 aromatic rings. The summed E-state index contributed by atoms with van der Waals surface area (Å²) in [7, 11) is 0. The molecular formula is C9H14N2S. The second kappa shape index (κ2) is 4.45. The highest BCUT2D eigenvalue weighted by atomic mass is 32.1. The minimum atomic E-state index is 0.617. The van der Waals surface area contributed by atoms with Crippen LogP contribution in [0.1, 0.15) is 25.4 Å². The number of hydrogen-bond acceptors (Lipinski definition) is 3. The van der Waals surface area contributed by atoms with E-state index in [1.165, 1.54) is 0 Å². The van der Waals surface area contributed by atoms with Crippen LogP contribution >= 0.6 is 12.6 Å². The van der Waals surface area contributed by atoms with E-state index in [9.17, 15) is 0 Å². The predicted octanol–water partition coefficient (Wildman–Crippen LogP) is 2.10. The van der Waals surface area contributed by atoms with Crippen molar-refractivity contribution in [2.24, 2.45) is 5.92 Å². The van der Waals surface area contributed by atoms with E-state index in [-0.39, 0.29) is 0 Å². The highest BCUT2D eigenvalue weighted by molar-refractivity contribution is 7.79. The third-order valence-electron chi connectivity index (χ3n) is 1.52. The molecular weight excluding hydrogens is 168 g/mol. The smallest absolute Gasteiger partial charge is 0.138 e. The van der Waals surface area contributed by atoms with Crippen LogP contribution in [0, 0.1) is 5.92 Å². The summed E-state index contributed by atoms with van der Waals surface area (Å²) in [6.07, 6.45) is 2.82. The van der Waals surface area contributed by atoms with Crippen LogP contribution in [0.2, 0.25) is 0 Å². The monoisotopic (exact) mass is 182 g/mol. The van der Waals surface area contributed by atoms with Crippen LogP contribution in [0.4, 0.5) is 0 Å². The van der Waals surface area contributed by atoms with E-state index in [0.717, 1.165) is 17.9 Å². The lowest BCUT2D eigenvalue weighted by Crippen LogP contribution is -2.00. The van der Waals surface area contributed by atoms with Crippen molar-refractivity contribution in [2.45, 2.75) is 26.0 Å². The van der Waals surface area contributed by atoms with Gasteiger partial charge in [-0.3, -0.25) is 0 Å². The quantitative estimate of drug-likeness (QED) is 0.724. The lowest BCUT2D eigenvalue weighted by atomic mass is 10.1. The Morgan fingerprint density at radius 2 is 2.25 bits per heavy atom. The molecule has 1 aromatic heterocycles. The van der Waals surface area contributed by atoms with Crippen LogP contribution in [0.5, 0.6) is 0 Å². The van der Waals surface area contributed by atoms with E-state index in [1.807, 2.05) is 6.07 Å². The van der Waals surface area contributed by atoms with Crippen LogP contribution in [0.3, 0.4) is 0 Å². The van der Waals surface area contributed by atoms with Crippen LogP contribution in [0.25, 0.3) is 0 Å². The molecule has 0 radical (unpaired) electrons. The maximum absolute atomic E-state index is 4.34. The molecule has 0 amide bonds. The SMILES string of the molecule is CC(C)Cc1ccnc(CS)n1. The average Bonchev–Trinajstić information content (AvgIpc) is 2.03. The van der Waals surface area contributed by atoms with E-state index in [1.54, 1.807) is 6.20 Å². The van der Waals surface area contributed by atoms with Gasteiger partial charge in [0.2, 0.25) is 0 Å². The summed E-state index contributed by atoms with van der Waals surface area (Å²) in [4.78, 5) is 8.42. The Hall–Kier alpha value is -0.570. The van der Waals surface area contributed by atoms with E-state index < -0.39 is 0 Å². The lowest BCUT2D eigenvalue weighted by molar-refractivity contribution is 0.632. The van der Waals surface area contributed by atoms with Crippen molar-refractivity contribution in [1.29, 1.82) is 0 Å². The number of nitrogens with zero attached hydrogens (tertiary/aromatic N) is 2. The summed E-state index contributed by atoms with van der Waals surface area (Å²) in [6, 6.07) is 1.97. The average molecular weight is 182 g/mol. The number of hydrogen-bond donors (Lipinski definition) is 1. The molecule has 0 spiro atoms. The highest BCUT2D eigenvalue weighted by Crippen LogP contribution is 2.05. The molecule has 2 nitrogen and oxygen atoms in total. The standard InChI is InChI=1S/C9H14N2S/c1-7(2)5-8-3-4-10-9(6-12)11-8/h3-4,7,12H,5-6H2,1-2H3. The Bertz CT molecular complexity index is 248. The Morgan fingerprint density at radius 3 is 2.83 bits per heavy atom. The summed E-state index contributed by atoms with van der Waals surface area (Å²) < 4.78 is 0. The van der Waals surface area contributed by atoms with Gasteiger partial charge >= 0.3 is 0 Å². The largest absolute Gasteiger partial charge is 0.240 e. The molecule has 1 heterocycles. The van der Waals surface area contributed by atoms with Crippen LogP contribution < -0.4 is 0 Å². The summed E-state index contributed by atoms with van der Waals surface area (Å²) in [5, 5.41) is 0. The normalized spacial score (nSPS) is 10.7. The molecule has 66 valence electrons. The summed E-state index contributed by atoms with van der Waals surface area (Å²) in [5.41, 5.74) is 1.11. The third-order valence-corrected chi connectivity index (χ3v) is 1.80. The number of aromatic nitrogens is 2. The lowest BCUT2D eigenvalue weighted by Gasteiger charge is -2.04. The fourth-order valence-corrected chi connectivity index (χ4v) is 1.20. The molecule has 12 heavy (non-hydrogen) atoms. The van der Waals surface area contributed by atoms with Gasteiger partial charge in [0.1, 0.15) is 5.82 Å². The summed E-state index contributed by atoms with van der Waals surface area (Å²) in [6.45, 7) is 4.37. The fourth-order valence-electron chi connectivity index (χ4n) is 1.05. The molecule has 0 fully saturated rings. The fraction of sp³-hybridized carbons (Fsp3) is 0.556. The van der Waals surface area contributed by atoms with E-state index in [2.05, 4.69) is 36.4 Å². The second-order valence-electron chi connectivity index (χ2n) is 3.22. The number of rotatable bonds is 3. The van der Waals surface area contributed by atoms with Crippen molar-refractivity contribution in [1.82, 2.24) is 9.97 Å². The molecule has 0 aliphatic rings. The predicted molar refractivity (Wildman–Crippen MR) is 53.3 cm³/mol. The molecule has 0 atom stereocenters. The second-order valence-corrected chi connectivity index (χ2v) is 3.54. The zero-order chi connectivity index (χ0) is 8.97. The van der Waals surface area contributed by atoms with Crippen molar-refractivity contribution < 1.29 is 0 Å². The molecule has 0 bridgehead atoms. The number of thiol groups is 1. The third kappa shape index (κ3) is 2.81. The first-order valence-corrected chi connectivity index (χ1v) is 4.77. The van der Waals surface area contributed by atoms with E-state index >= 15 is 0 Å². The maximum Gasteiger partial charge on any atom is 0.138 e. The van der Waals surface area contributed by atoms with Gasteiger partial charge in [0.15, 0.2) is 0 Å². The molecule has 0 aliphatic carbocycles. The van der Waals surface area contributed by atoms with Gasteiger partial charge in [-0.25, -0.2) is 9.97 Å². The van der Waals surface area contributed by atoms with Crippen molar-refractivity contribution in [3.63, 3.8) is 0 Å². The van der Waals surface area contributed by atoms with E-state index in [0.29, 0.717) is 11.7 Å². The first kappa shape index (κ1) is 9.52. The Kier molecular flexibility index (Phi) is 3.53. The molecule has 0 saturated carbocycles. The minimum Gasteiger partial charge on any atom is -0.240 e. The van der Waals surface area contributed by atoms with Gasteiger partial charge in [-0.2, -0.15) is 12.6 Å². The van der Waals surface area contributed by atoms with Gasteiger partial charge in [-0.05, 0) is 18.4 Å². The topological polar surface area (TPSA) is 25.8 Å². The highest BCUT2D eigenvalue weighted by Gasteiger charge is 2.00. The molecule has 3 heteroatoms. The molecule has 0 unspecified atom stereocenters. The van der Waals surface area contributed by atoms with Crippen molar-refractivity contribution in [3.8, 4) is 0 Å². The van der Waals surface area contributed by atoms with Gasteiger partial charge in [0.25, 0.3) is 0 Å². The van der Waals surface area contributed by atoms with Crippen molar-refractivity contribution >= 4 is 12.6 Å². The Balaban J connectivity index is 2.72. The van der Waals surface area contributed by atoms with Gasteiger partial charge in [0.05, 0.1) is 5.75 Å². The molecule has 0 aromatic carbocycles. The molecule has 0 N–H and O–H groups in total. The van der Waals surface area contributed by atoms with E-state index in [4.69, 9.17) is 0 Å².